The molecule has 0 aliphatic heterocycles. The number of ether oxygens (including phenoxy) is 1. The van der Waals surface area contributed by atoms with Crippen molar-refractivity contribution in [2.75, 3.05) is 11.8 Å². The van der Waals surface area contributed by atoms with Gasteiger partial charge in [-0.3, -0.25) is 25.2 Å². The van der Waals surface area contributed by atoms with Crippen molar-refractivity contribution in [1.82, 2.24) is 10.9 Å². The second kappa shape index (κ2) is 10.6. The first-order valence-electron chi connectivity index (χ1n) is 10.3. The Hall–Kier alpha value is -3.85. The van der Waals surface area contributed by atoms with E-state index in [1.165, 1.54) is 31.4 Å². The third-order valence-corrected chi connectivity index (χ3v) is 6.35. The highest BCUT2D eigenvalue weighted by Gasteiger charge is 2.20. The minimum Gasteiger partial charge on any atom is -0.497 e. The zero-order chi connectivity index (χ0) is 23.8. The largest absolute Gasteiger partial charge is 0.497 e. The van der Waals surface area contributed by atoms with Crippen molar-refractivity contribution in [1.29, 1.82) is 0 Å². The molecule has 3 aromatic rings. The Labute approximate surface area is 193 Å². The molecule has 9 heteroatoms. The van der Waals surface area contributed by atoms with Crippen LogP contribution in [0.3, 0.4) is 0 Å². The Bertz CT molecular complexity index is 1210. The van der Waals surface area contributed by atoms with E-state index in [2.05, 4.69) is 15.6 Å². The topological polar surface area (TPSA) is 114 Å². The van der Waals surface area contributed by atoms with Crippen LogP contribution in [-0.2, 0) is 14.8 Å². The lowest BCUT2D eigenvalue weighted by Crippen LogP contribution is -2.43. The zero-order valence-electron chi connectivity index (χ0n) is 18.2. The SMILES string of the molecule is CCC(C(=O)NNC(=O)c1cccc(S(=O)(=O)Nc2ccc(OC)cc2)c1)c1ccccc1. The molecule has 0 aliphatic rings. The summed E-state index contributed by atoms with van der Waals surface area (Å²) in [5, 5.41) is 0. The molecule has 0 aromatic heterocycles. The van der Waals surface area contributed by atoms with Gasteiger partial charge in [0, 0.05) is 11.3 Å². The number of carbonyl (C=O) groups excluding carboxylic acids is 2. The molecule has 0 bridgehead atoms. The van der Waals surface area contributed by atoms with Crippen LogP contribution in [-0.4, -0.2) is 27.3 Å². The first-order valence-corrected chi connectivity index (χ1v) is 11.7. The summed E-state index contributed by atoms with van der Waals surface area (Å²) in [4.78, 5) is 25.0. The fraction of sp³-hybridized carbons (Fsp3) is 0.167. The van der Waals surface area contributed by atoms with Crippen molar-refractivity contribution in [2.45, 2.75) is 24.2 Å². The van der Waals surface area contributed by atoms with Crippen molar-refractivity contribution >= 4 is 27.5 Å². The van der Waals surface area contributed by atoms with Gasteiger partial charge in [0.1, 0.15) is 5.75 Å². The maximum atomic E-state index is 12.7. The summed E-state index contributed by atoms with van der Waals surface area (Å²) >= 11 is 0. The third-order valence-electron chi connectivity index (χ3n) is 4.97. The minimum atomic E-state index is -3.93. The Balaban J connectivity index is 1.67. The Kier molecular flexibility index (Phi) is 7.68. The monoisotopic (exact) mass is 467 g/mol. The number of carbonyl (C=O) groups is 2. The number of anilines is 1. The number of methoxy groups -OCH3 is 1. The maximum absolute atomic E-state index is 12.7. The number of hydrogen-bond acceptors (Lipinski definition) is 5. The Morgan fingerprint density at radius 1 is 0.909 bits per heavy atom. The predicted octanol–water partition coefficient (Wildman–Crippen LogP) is 3.45. The average Bonchev–Trinajstić information content (AvgIpc) is 2.84. The average molecular weight is 468 g/mol. The van der Waals surface area contributed by atoms with E-state index >= 15 is 0 Å². The van der Waals surface area contributed by atoms with Crippen molar-refractivity contribution in [3.63, 3.8) is 0 Å². The standard InChI is InChI=1S/C24H25N3O5S/c1-3-22(17-8-5-4-6-9-17)24(29)26-25-23(28)18-10-7-11-21(16-18)33(30,31)27-19-12-14-20(32-2)15-13-19/h4-16,22,27H,3H2,1-2H3,(H,25,28)(H,26,29). The lowest BCUT2D eigenvalue weighted by molar-refractivity contribution is -0.123. The zero-order valence-corrected chi connectivity index (χ0v) is 19.1. The molecule has 0 saturated heterocycles. The highest BCUT2D eigenvalue weighted by atomic mass is 32.2. The lowest BCUT2D eigenvalue weighted by atomic mass is 9.96. The van der Waals surface area contributed by atoms with Crippen LogP contribution in [0.5, 0.6) is 5.75 Å². The molecule has 0 radical (unpaired) electrons. The van der Waals surface area contributed by atoms with Crippen molar-refractivity contribution in [3.05, 3.63) is 90.0 Å². The third kappa shape index (κ3) is 6.11. The highest BCUT2D eigenvalue weighted by molar-refractivity contribution is 7.92. The van der Waals surface area contributed by atoms with E-state index in [4.69, 9.17) is 4.74 Å². The maximum Gasteiger partial charge on any atom is 0.269 e. The summed E-state index contributed by atoms with van der Waals surface area (Å²) < 4.78 is 33.0. The molecule has 172 valence electrons. The molecule has 8 nitrogen and oxygen atoms in total. The van der Waals surface area contributed by atoms with E-state index < -0.39 is 21.8 Å². The van der Waals surface area contributed by atoms with Crippen molar-refractivity contribution in [3.8, 4) is 5.75 Å². The fourth-order valence-corrected chi connectivity index (χ4v) is 4.32. The summed E-state index contributed by atoms with van der Waals surface area (Å²) in [6, 6.07) is 21.2. The van der Waals surface area contributed by atoms with Crippen LogP contribution in [0, 0.1) is 0 Å². The first kappa shape index (κ1) is 23.8. The number of hydrazine groups is 1. The van der Waals surface area contributed by atoms with E-state index in [9.17, 15) is 18.0 Å². The first-order chi connectivity index (χ1) is 15.8. The highest BCUT2D eigenvalue weighted by Crippen LogP contribution is 2.21. The molecule has 1 unspecified atom stereocenters. The van der Waals surface area contributed by atoms with E-state index in [-0.39, 0.29) is 16.4 Å². The van der Waals surface area contributed by atoms with Gasteiger partial charge >= 0.3 is 0 Å². The summed E-state index contributed by atoms with van der Waals surface area (Å²) in [5.41, 5.74) is 6.05. The van der Waals surface area contributed by atoms with Gasteiger partial charge in [0.15, 0.2) is 0 Å². The molecule has 0 aliphatic carbocycles. The fourth-order valence-electron chi connectivity index (χ4n) is 3.21. The van der Waals surface area contributed by atoms with Crippen LogP contribution in [0.4, 0.5) is 5.69 Å². The van der Waals surface area contributed by atoms with Crippen LogP contribution in [0.25, 0.3) is 0 Å². The van der Waals surface area contributed by atoms with E-state index in [1.807, 2.05) is 37.3 Å². The number of hydrogen-bond donors (Lipinski definition) is 3. The summed E-state index contributed by atoms with van der Waals surface area (Å²) in [6.45, 7) is 1.88. The Morgan fingerprint density at radius 2 is 1.61 bits per heavy atom. The summed E-state index contributed by atoms with van der Waals surface area (Å²) in [6.07, 6.45) is 0.552. The van der Waals surface area contributed by atoms with Crippen molar-refractivity contribution < 1.29 is 22.7 Å². The molecular weight excluding hydrogens is 442 g/mol. The van der Waals surface area contributed by atoms with Gasteiger partial charge in [0.2, 0.25) is 5.91 Å². The van der Waals surface area contributed by atoms with Gasteiger partial charge in [-0.15, -0.1) is 0 Å². The van der Waals surface area contributed by atoms with E-state index in [1.54, 1.807) is 24.3 Å². The smallest absolute Gasteiger partial charge is 0.269 e. The van der Waals surface area contributed by atoms with Gasteiger partial charge in [-0.25, -0.2) is 8.42 Å². The van der Waals surface area contributed by atoms with Crippen LogP contribution in [0.1, 0.15) is 35.2 Å². The molecule has 0 heterocycles. The second-order valence-corrected chi connectivity index (χ2v) is 8.86. The molecule has 0 saturated carbocycles. The Morgan fingerprint density at radius 3 is 2.24 bits per heavy atom. The van der Waals surface area contributed by atoms with Crippen molar-refractivity contribution in [2.24, 2.45) is 0 Å². The molecule has 1 atom stereocenters. The second-order valence-electron chi connectivity index (χ2n) is 7.18. The molecular formula is C24H25N3O5S. The molecule has 3 N–H and O–H groups in total. The minimum absolute atomic E-state index is 0.0839. The molecule has 33 heavy (non-hydrogen) atoms. The van der Waals surface area contributed by atoms with Gasteiger partial charge in [-0.2, -0.15) is 0 Å². The molecule has 0 spiro atoms. The van der Waals surface area contributed by atoms with Crippen LogP contribution in [0.15, 0.2) is 83.8 Å². The van der Waals surface area contributed by atoms with Crippen LogP contribution < -0.4 is 20.3 Å². The van der Waals surface area contributed by atoms with Gasteiger partial charge in [-0.1, -0.05) is 43.3 Å². The molecule has 3 aromatic carbocycles. The number of nitrogens with one attached hydrogen (secondary N) is 3. The molecule has 0 fully saturated rings. The number of sulfonamides is 1. The van der Waals surface area contributed by atoms with Gasteiger partial charge < -0.3 is 4.74 Å². The summed E-state index contributed by atoms with van der Waals surface area (Å²) in [5.74, 6) is -0.821. The number of rotatable bonds is 8. The van der Waals surface area contributed by atoms with E-state index in [0.717, 1.165) is 5.56 Å². The van der Waals surface area contributed by atoms with Gasteiger partial charge in [0.25, 0.3) is 15.9 Å². The van der Waals surface area contributed by atoms with Crippen LogP contribution >= 0.6 is 0 Å². The van der Waals surface area contributed by atoms with E-state index in [0.29, 0.717) is 17.9 Å². The van der Waals surface area contributed by atoms with Gasteiger partial charge in [0.05, 0.1) is 17.9 Å². The number of benzene rings is 3. The normalized spacial score (nSPS) is 11.8. The summed E-state index contributed by atoms with van der Waals surface area (Å²) in [7, 11) is -2.42. The number of amides is 2. The van der Waals surface area contributed by atoms with Gasteiger partial charge in [-0.05, 0) is 54.4 Å². The van der Waals surface area contributed by atoms with Crippen LogP contribution in [0.2, 0.25) is 0 Å². The quantitative estimate of drug-likeness (QED) is 0.439. The predicted molar refractivity (Wildman–Crippen MR) is 125 cm³/mol. The lowest BCUT2D eigenvalue weighted by Gasteiger charge is -2.16. The molecule has 2 amide bonds. The molecule has 3 rings (SSSR count).